The maximum Gasteiger partial charge on any atom is 0.125 e. The fourth-order valence-corrected chi connectivity index (χ4v) is 2.02. The Morgan fingerprint density at radius 3 is 2.71 bits per heavy atom. The Morgan fingerprint density at radius 2 is 2.07 bits per heavy atom. The zero-order chi connectivity index (χ0) is 10.3. The number of nitrogens with zero attached hydrogens (tertiary/aromatic N) is 1. The summed E-state index contributed by atoms with van der Waals surface area (Å²) in [4.78, 5) is 2.88. The van der Waals surface area contributed by atoms with Crippen LogP contribution in [0.2, 0.25) is 10.2 Å². The number of fused-ring (bicyclic) bond motifs is 1. The molecular weight excluding hydrogens is 287 g/mol. The number of halogens is 3. The molecule has 0 aliphatic rings. The first-order valence-electron chi connectivity index (χ1n) is 3.70. The molecule has 0 unspecified atom stereocenters. The van der Waals surface area contributed by atoms with Crippen LogP contribution in [0.4, 0.5) is 0 Å². The first-order chi connectivity index (χ1) is 6.63. The summed E-state index contributed by atoms with van der Waals surface area (Å²) in [6.45, 7) is 0. The van der Waals surface area contributed by atoms with Gasteiger partial charge in [0, 0.05) is 15.4 Å². The predicted octanol–water partition coefficient (Wildman–Crippen LogP) is 4.11. The van der Waals surface area contributed by atoms with Crippen LogP contribution in [0.25, 0.3) is 10.9 Å². The molecule has 0 atom stereocenters. The largest absolute Gasteiger partial charge is 0.344 e. The lowest BCUT2D eigenvalue weighted by Crippen LogP contribution is -1.73. The number of benzene rings is 1. The van der Waals surface area contributed by atoms with Gasteiger partial charge in [-0.2, -0.15) is 5.26 Å². The van der Waals surface area contributed by atoms with Crippen molar-refractivity contribution < 1.29 is 0 Å². The summed E-state index contributed by atoms with van der Waals surface area (Å²) in [6, 6.07) is 5.54. The van der Waals surface area contributed by atoms with Crippen LogP contribution in [0, 0.1) is 11.3 Å². The average molecular weight is 290 g/mol. The summed E-state index contributed by atoms with van der Waals surface area (Å²) in [5.41, 5.74) is 1.21. The lowest BCUT2D eigenvalue weighted by Gasteiger charge is -1.95. The highest BCUT2D eigenvalue weighted by atomic mass is 79.9. The maximum absolute atomic E-state index is 8.86. The number of hydrogen-bond donors (Lipinski definition) is 1. The van der Waals surface area contributed by atoms with Crippen LogP contribution in [0.15, 0.2) is 16.6 Å². The summed E-state index contributed by atoms with van der Waals surface area (Å²) in [5.74, 6) is 0. The van der Waals surface area contributed by atoms with E-state index in [0.717, 1.165) is 15.4 Å². The number of aromatic amines is 1. The van der Waals surface area contributed by atoms with E-state index < -0.39 is 0 Å². The zero-order valence-electron chi connectivity index (χ0n) is 6.74. The molecule has 2 rings (SSSR count). The fourth-order valence-electron chi connectivity index (χ4n) is 1.27. The standard InChI is InChI=1S/C9H3BrCl2N2/c10-6-1-4-5(3-13)9(12)14-8(4)2-7(6)11/h1-2,14H. The summed E-state index contributed by atoms with van der Waals surface area (Å²) >= 11 is 15.0. The molecule has 0 fully saturated rings. The highest BCUT2D eigenvalue weighted by Crippen LogP contribution is 2.32. The minimum Gasteiger partial charge on any atom is -0.344 e. The van der Waals surface area contributed by atoms with Crippen molar-refractivity contribution in [2.75, 3.05) is 0 Å². The Hall–Kier alpha value is -0.690. The molecule has 2 aromatic rings. The molecule has 1 N–H and O–H groups in total. The molecule has 70 valence electrons. The highest BCUT2D eigenvalue weighted by molar-refractivity contribution is 9.10. The number of nitrogens with one attached hydrogen (secondary N) is 1. The fraction of sp³-hybridized carbons (Fsp3) is 0. The van der Waals surface area contributed by atoms with Crippen molar-refractivity contribution in [3.63, 3.8) is 0 Å². The minimum absolute atomic E-state index is 0.344. The summed E-state index contributed by atoms with van der Waals surface area (Å²) < 4.78 is 0.749. The smallest absolute Gasteiger partial charge is 0.125 e. The van der Waals surface area contributed by atoms with Crippen molar-refractivity contribution in [3.05, 3.63) is 32.3 Å². The Morgan fingerprint density at radius 1 is 1.36 bits per heavy atom. The first-order valence-corrected chi connectivity index (χ1v) is 5.24. The molecule has 0 saturated carbocycles. The Labute approximate surface area is 98.6 Å². The number of nitriles is 1. The third kappa shape index (κ3) is 1.40. The van der Waals surface area contributed by atoms with Gasteiger partial charge in [0.1, 0.15) is 11.2 Å². The number of aromatic nitrogens is 1. The summed E-state index contributed by atoms with van der Waals surface area (Å²) in [7, 11) is 0. The molecule has 5 heteroatoms. The molecular formula is C9H3BrCl2N2. The molecule has 1 aromatic heterocycles. The molecule has 0 spiro atoms. The second-order valence-electron chi connectivity index (χ2n) is 2.74. The van der Waals surface area contributed by atoms with Crippen LogP contribution in [-0.4, -0.2) is 4.98 Å². The Kier molecular flexibility index (Phi) is 2.44. The first kappa shape index (κ1) is 9.85. The lowest BCUT2D eigenvalue weighted by atomic mass is 10.2. The minimum atomic E-state index is 0.344. The normalized spacial score (nSPS) is 10.4. The van der Waals surface area contributed by atoms with Gasteiger partial charge in [0.05, 0.1) is 10.6 Å². The monoisotopic (exact) mass is 288 g/mol. The quantitative estimate of drug-likeness (QED) is 0.779. The van der Waals surface area contributed by atoms with Gasteiger partial charge in [-0.25, -0.2) is 0 Å². The molecule has 1 aromatic carbocycles. The summed E-state index contributed by atoms with van der Waals surface area (Å²) in [6.07, 6.45) is 0. The van der Waals surface area contributed by atoms with E-state index in [1.807, 2.05) is 6.07 Å². The van der Waals surface area contributed by atoms with Crippen LogP contribution in [0.3, 0.4) is 0 Å². The van der Waals surface area contributed by atoms with Gasteiger partial charge in [0.25, 0.3) is 0 Å². The molecule has 14 heavy (non-hydrogen) atoms. The van der Waals surface area contributed by atoms with Crippen molar-refractivity contribution in [2.45, 2.75) is 0 Å². The van der Waals surface area contributed by atoms with Crippen LogP contribution >= 0.6 is 39.1 Å². The van der Waals surface area contributed by atoms with E-state index in [1.54, 1.807) is 12.1 Å². The second kappa shape index (κ2) is 3.47. The number of hydrogen-bond acceptors (Lipinski definition) is 1. The average Bonchev–Trinajstić information content (AvgIpc) is 2.42. The van der Waals surface area contributed by atoms with Gasteiger partial charge < -0.3 is 4.98 Å². The van der Waals surface area contributed by atoms with Gasteiger partial charge >= 0.3 is 0 Å². The molecule has 0 amide bonds. The van der Waals surface area contributed by atoms with Crippen molar-refractivity contribution in [1.82, 2.24) is 4.98 Å². The molecule has 1 heterocycles. The number of rotatable bonds is 0. The van der Waals surface area contributed by atoms with E-state index in [9.17, 15) is 0 Å². The van der Waals surface area contributed by atoms with Gasteiger partial charge in [0.2, 0.25) is 0 Å². The van der Waals surface area contributed by atoms with E-state index in [1.165, 1.54) is 0 Å². The molecule has 0 radical (unpaired) electrons. The SMILES string of the molecule is N#Cc1c(Cl)[nH]c2cc(Cl)c(Br)cc12. The van der Waals surface area contributed by atoms with E-state index in [4.69, 9.17) is 28.5 Å². The third-order valence-electron chi connectivity index (χ3n) is 1.91. The van der Waals surface area contributed by atoms with Gasteiger partial charge in [0.15, 0.2) is 0 Å². The predicted molar refractivity (Wildman–Crippen MR) is 60.7 cm³/mol. The van der Waals surface area contributed by atoms with Crippen LogP contribution in [0.5, 0.6) is 0 Å². The Bertz CT molecular complexity index is 554. The maximum atomic E-state index is 8.86. The van der Waals surface area contributed by atoms with Gasteiger partial charge in [-0.1, -0.05) is 23.2 Å². The lowest BCUT2D eigenvalue weighted by molar-refractivity contribution is 1.44. The van der Waals surface area contributed by atoms with Crippen molar-refractivity contribution in [1.29, 1.82) is 5.26 Å². The van der Waals surface area contributed by atoms with E-state index >= 15 is 0 Å². The van der Waals surface area contributed by atoms with Crippen molar-refractivity contribution in [3.8, 4) is 6.07 Å². The molecule has 0 aliphatic carbocycles. The van der Waals surface area contributed by atoms with Crippen molar-refractivity contribution in [2.24, 2.45) is 0 Å². The highest BCUT2D eigenvalue weighted by Gasteiger charge is 2.11. The molecule has 0 saturated heterocycles. The molecule has 2 nitrogen and oxygen atoms in total. The van der Waals surface area contributed by atoms with Gasteiger partial charge in [-0.15, -0.1) is 0 Å². The van der Waals surface area contributed by atoms with Gasteiger partial charge in [-0.05, 0) is 28.1 Å². The molecule has 0 bridgehead atoms. The Balaban J connectivity index is 2.91. The van der Waals surface area contributed by atoms with E-state index in [2.05, 4.69) is 20.9 Å². The van der Waals surface area contributed by atoms with E-state index in [-0.39, 0.29) is 0 Å². The van der Waals surface area contributed by atoms with Crippen LogP contribution in [-0.2, 0) is 0 Å². The topological polar surface area (TPSA) is 39.6 Å². The van der Waals surface area contributed by atoms with Gasteiger partial charge in [-0.3, -0.25) is 0 Å². The second-order valence-corrected chi connectivity index (χ2v) is 4.38. The molecule has 0 aliphatic heterocycles. The van der Waals surface area contributed by atoms with Crippen LogP contribution < -0.4 is 0 Å². The third-order valence-corrected chi connectivity index (χ3v) is 3.39. The zero-order valence-corrected chi connectivity index (χ0v) is 9.83. The van der Waals surface area contributed by atoms with E-state index in [0.29, 0.717) is 15.7 Å². The summed E-state index contributed by atoms with van der Waals surface area (Å²) in [5, 5.41) is 10.6. The number of H-pyrrole nitrogens is 1. The van der Waals surface area contributed by atoms with Crippen LogP contribution in [0.1, 0.15) is 5.56 Å². The van der Waals surface area contributed by atoms with Crippen molar-refractivity contribution >= 4 is 50.0 Å².